The van der Waals surface area contributed by atoms with Crippen molar-refractivity contribution in [2.24, 2.45) is 0 Å². The average Bonchev–Trinajstić information content (AvgIpc) is 2.41. The number of para-hydroxylation sites is 4. The Morgan fingerprint density at radius 3 is 1.43 bits per heavy atom. The van der Waals surface area contributed by atoms with Gasteiger partial charge < -0.3 is 19.3 Å². The van der Waals surface area contributed by atoms with E-state index in [0.29, 0.717) is 0 Å². The van der Waals surface area contributed by atoms with E-state index in [1.54, 1.807) is 0 Å². The molecular formula is C75H48B2N2O2. The zero-order chi connectivity index (χ0) is 53.2. The summed E-state index contributed by atoms with van der Waals surface area (Å²) >= 11 is 0. The summed E-state index contributed by atoms with van der Waals surface area (Å²) in [5.41, 5.74) is 30.4. The molecule has 0 bridgehead atoms. The minimum atomic E-state index is -0.771. The number of anilines is 6. The fourth-order valence-electron chi connectivity index (χ4n) is 15.4. The number of hydrogen-bond donors (Lipinski definition) is 0. The van der Waals surface area contributed by atoms with Gasteiger partial charge in [0.2, 0.25) is 0 Å². The van der Waals surface area contributed by atoms with Crippen molar-refractivity contribution in [3.63, 3.8) is 0 Å². The highest BCUT2D eigenvalue weighted by Crippen LogP contribution is 2.66. The van der Waals surface area contributed by atoms with Crippen LogP contribution < -0.4 is 52.1 Å². The molecule has 2 aliphatic carbocycles. The Morgan fingerprint density at radius 2 is 0.802 bits per heavy atom. The second-order valence-electron chi connectivity index (χ2n) is 22.7. The molecule has 4 heterocycles. The first kappa shape index (κ1) is 44.9. The van der Waals surface area contributed by atoms with Crippen molar-refractivity contribution in [2.75, 3.05) is 9.80 Å². The van der Waals surface area contributed by atoms with E-state index in [0.717, 1.165) is 56.3 Å². The lowest BCUT2D eigenvalue weighted by molar-refractivity contribution is 0.458. The lowest BCUT2D eigenvalue weighted by Gasteiger charge is -2.45. The molecule has 0 amide bonds. The van der Waals surface area contributed by atoms with Crippen molar-refractivity contribution in [1.29, 1.82) is 0 Å². The summed E-state index contributed by atoms with van der Waals surface area (Å²) in [5, 5.41) is 0. The van der Waals surface area contributed by atoms with E-state index in [1.165, 1.54) is 111 Å². The van der Waals surface area contributed by atoms with Crippen LogP contribution in [0.1, 0.15) is 33.4 Å². The highest BCUT2D eigenvalue weighted by molar-refractivity contribution is 7.00. The minimum Gasteiger partial charge on any atom is -0.458 e. The van der Waals surface area contributed by atoms with Gasteiger partial charge in [0.25, 0.3) is 13.4 Å². The lowest BCUT2D eigenvalue weighted by atomic mass is 9.33. The molecule has 1 atom stereocenters. The van der Waals surface area contributed by atoms with Crippen LogP contribution in [0.4, 0.5) is 34.1 Å². The van der Waals surface area contributed by atoms with Crippen molar-refractivity contribution in [3.05, 3.63) is 288 Å². The monoisotopic (exact) mass is 1030 g/mol. The molecule has 0 N–H and O–H groups in total. The third-order valence-electron chi connectivity index (χ3n) is 18.5. The van der Waals surface area contributed by atoms with Gasteiger partial charge in [0, 0.05) is 44.9 Å². The van der Waals surface area contributed by atoms with Crippen molar-refractivity contribution < 1.29 is 9.47 Å². The molecule has 6 heteroatoms. The zero-order valence-electron chi connectivity index (χ0n) is 44.6. The maximum Gasteiger partial charge on any atom is 0.260 e. The van der Waals surface area contributed by atoms with Crippen LogP contribution >= 0.6 is 0 Å². The Hall–Kier alpha value is -10.0. The van der Waals surface area contributed by atoms with Crippen LogP contribution in [-0.2, 0) is 5.41 Å². The van der Waals surface area contributed by atoms with Crippen LogP contribution in [0.2, 0.25) is 0 Å². The van der Waals surface area contributed by atoms with Gasteiger partial charge in [-0.15, -0.1) is 0 Å². The maximum atomic E-state index is 7.55. The van der Waals surface area contributed by atoms with Gasteiger partial charge in [0.15, 0.2) is 0 Å². The van der Waals surface area contributed by atoms with Crippen LogP contribution in [0, 0.1) is 13.8 Å². The van der Waals surface area contributed by atoms with E-state index < -0.39 is 5.41 Å². The van der Waals surface area contributed by atoms with Crippen LogP contribution in [0.25, 0.3) is 44.5 Å². The molecular weight excluding hydrogens is 982 g/mol. The standard InChI is InChI=1S/C75H48B2N2O2/c1-45-37-38-58-64(39-45)78(62-33-17-11-25-49(62)47-21-5-3-6-22-47)66-40-46(2)41-67-72(66)76(58)61-42-53-51-27-9-13-29-55(51)75(57(53)44-65(61)79(67)63-34-18-12-26-50(63)48-23-7-4-8-24-48)56-30-14-10-28-52(56)54-43-70-73-74(71(54)75)81-69-36-20-16-32-60(69)77(73)59-31-15-19-35-68(59)80-70/h3-44H,1-2H3/t75-/m1/s1. The quantitative estimate of drug-likeness (QED) is 0.164. The van der Waals surface area contributed by atoms with E-state index >= 15 is 0 Å². The molecule has 12 aromatic carbocycles. The number of ether oxygens (including phenoxy) is 2. The van der Waals surface area contributed by atoms with Gasteiger partial charge in [-0.05, 0) is 157 Å². The van der Waals surface area contributed by atoms with E-state index in [9.17, 15) is 0 Å². The van der Waals surface area contributed by atoms with Gasteiger partial charge in [-0.3, -0.25) is 0 Å². The summed E-state index contributed by atoms with van der Waals surface area (Å²) in [5.74, 6) is 3.51. The number of hydrogen-bond acceptors (Lipinski definition) is 4. The van der Waals surface area contributed by atoms with Crippen molar-refractivity contribution in [3.8, 4) is 67.5 Å². The highest BCUT2D eigenvalue weighted by atomic mass is 16.5. The number of rotatable bonds is 4. The SMILES string of the molecule is Cc1ccc2c(c1)N(c1ccccc1-c1ccccc1)c1cc(C)cc3c1B2c1cc2c(cc1N3c1ccccc1-c1ccccc1)[C@@]1(c3ccccc3-2)c2ccccc2-c2cc3c4c(c21)Oc1ccccc1B4c1ccccc1O3. The first-order chi connectivity index (χ1) is 40.0. The number of fused-ring (bicyclic) bond motifs is 19. The smallest absolute Gasteiger partial charge is 0.260 e. The third kappa shape index (κ3) is 5.96. The Kier molecular flexibility index (Phi) is 9.15. The van der Waals surface area contributed by atoms with Crippen molar-refractivity contribution in [2.45, 2.75) is 19.3 Å². The fraction of sp³-hybridized carbons (Fsp3) is 0.0400. The normalized spacial score (nSPS) is 15.4. The molecule has 0 saturated heterocycles. The molecule has 1 spiro atoms. The van der Waals surface area contributed by atoms with Gasteiger partial charge in [0.1, 0.15) is 23.0 Å². The number of nitrogens with zero attached hydrogens (tertiary/aromatic N) is 2. The molecule has 12 aromatic rings. The summed E-state index contributed by atoms with van der Waals surface area (Å²) in [4.78, 5) is 5.20. The second kappa shape index (κ2) is 16.5. The average molecular weight is 1030 g/mol. The van der Waals surface area contributed by atoms with Crippen LogP contribution in [0.5, 0.6) is 23.0 Å². The predicted molar refractivity (Wildman–Crippen MR) is 335 cm³/mol. The van der Waals surface area contributed by atoms with E-state index in [1.807, 2.05) is 0 Å². The molecule has 4 nitrogen and oxygen atoms in total. The molecule has 4 aliphatic heterocycles. The minimum absolute atomic E-state index is 0.0799. The lowest BCUT2D eigenvalue weighted by Crippen LogP contribution is -2.61. The third-order valence-corrected chi connectivity index (χ3v) is 18.5. The molecule has 81 heavy (non-hydrogen) atoms. The first-order valence-electron chi connectivity index (χ1n) is 28.3. The summed E-state index contributed by atoms with van der Waals surface area (Å²) in [6, 6.07) is 94.9. The predicted octanol–water partition coefficient (Wildman–Crippen LogP) is 14.8. The van der Waals surface area contributed by atoms with Crippen LogP contribution in [0.3, 0.4) is 0 Å². The number of benzene rings is 12. The second-order valence-corrected chi connectivity index (χ2v) is 22.7. The maximum absolute atomic E-state index is 7.55. The van der Waals surface area contributed by atoms with Crippen molar-refractivity contribution in [1.82, 2.24) is 0 Å². The Balaban J connectivity index is 0.965. The van der Waals surface area contributed by atoms with Crippen LogP contribution in [0.15, 0.2) is 255 Å². The van der Waals surface area contributed by atoms with Gasteiger partial charge in [-0.2, -0.15) is 0 Å². The summed E-state index contributed by atoms with van der Waals surface area (Å²) < 4.78 is 14.6. The first-order valence-corrected chi connectivity index (χ1v) is 28.3. The molecule has 18 rings (SSSR count). The molecule has 0 radical (unpaired) electrons. The topological polar surface area (TPSA) is 24.9 Å². The largest absolute Gasteiger partial charge is 0.458 e. The fourth-order valence-corrected chi connectivity index (χ4v) is 15.4. The molecule has 0 saturated carbocycles. The Morgan fingerprint density at radius 1 is 0.309 bits per heavy atom. The molecule has 6 aliphatic rings. The van der Waals surface area contributed by atoms with Crippen molar-refractivity contribution >= 4 is 80.3 Å². The molecule has 376 valence electrons. The van der Waals surface area contributed by atoms with Gasteiger partial charge in [0.05, 0.1) is 16.8 Å². The summed E-state index contributed by atoms with van der Waals surface area (Å²) in [6.45, 7) is 4.32. The Bertz CT molecular complexity index is 4710. The van der Waals surface area contributed by atoms with Crippen LogP contribution in [-0.4, -0.2) is 13.4 Å². The zero-order valence-corrected chi connectivity index (χ0v) is 44.6. The Labute approximate surface area is 472 Å². The van der Waals surface area contributed by atoms with E-state index in [4.69, 9.17) is 9.47 Å². The molecule has 0 fully saturated rings. The number of aryl methyl sites for hydroxylation is 2. The molecule has 0 unspecified atom stereocenters. The van der Waals surface area contributed by atoms with Gasteiger partial charge in [-0.1, -0.05) is 200 Å². The summed E-state index contributed by atoms with van der Waals surface area (Å²) in [6.07, 6.45) is 0. The van der Waals surface area contributed by atoms with E-state index in [2.05, 4.69) is 278 Å². The van der Waals surface area contributed by atoms with Gasteiger partial charge >= 0.3 is 0 Å². The highest BCUT2D eigenvalue weighted by Gasteiger charge is 2.57. The van der Waals surface area contributed by atoms with E-state index in [-0.39, 0.29) is 13.4 Å². The summed E-state index contributed by atoms with van der Waals surface area (Å²) in [7, 11) is 0. The molecule has 0 aromatic heterocycles. The van der Waals surface area contributed by atoms with Gasteiger partial charge in [-0.25, -0.2) is 0 Å².